The number of carbonyl (C=O) groups excluding carboxylic acids is 1. The maximum atomic E-state index is 11.9. The third-order valence-electron chi connectivity index (χ3n) is 3.55. The number of hydrogen-bond donors (Lipinski definition) is 1. The molecule has 1 aliphatic heterocycles. The van der Waals surface area contributed by atoms with Crippen molar-refractivity contribution in [2.24, 2.45) is 0 Å². The minimum Gasteiger partial charge on any atom is -0.342 e. The van der Waals surface area contributed by atoms with Crippen LogP contribution in [0.2, 0.25) is 0 Å². The van der Waals surface area contributed by atoms with E-state index in [4.69, 9.17) is 0 Å². The van der Waals surface area contributed by atoms with E-state index in [-0.39, 0.29) is 5.91 Å². The Morgan fingerprint density at radius 1 is 1.19 bits per heavy atom. The van der Waals surface area contributed by atoms with Crippen LogP contribution in [0.25, 0.3) is 5.69 Å². The van der Waals surface area contributed by atoms with E-state index >= 15 is 0 Å². The summed E-state index contributed by atoms with van der Waals surface area (Å²) in [4.78, 5) is 13.8. The largest absolute Gasteiger partial charge is 0.342 e. The van der Waals surface area contributed by atoms with E-state index < -0.39 is 0 Å². The van der Waals surface area contributed by atoms with Gasteiger partial charge in [0.1, 0.15) is 0 Å². The van der Waals surface area contributed by atoms with Crippen molar-refractivity contribution in [3.63, 3.8) is 0 Å². The van der Waals surface area contributed by atoms with Crippen LogP contribution in [0.4, 0.5) is 0 Å². The Labute approximate surface area is 122 Å². The molecule has 7 nitrogen and oxygen atoms in total. The zero-order valence-corrected chi connectivity index (χ0v) is 11.8. The molecule has 1 aromatic heterocycles. The Bertz CT molecular complexity index is 591. The Morgan fingerprint density at radius 2 is 1.95 bits per heavy atom. The van der Waals surface area contributed by atoms with Crippen LogP contribution in [0, 0.1) is 0 Å². The van der Waals surface area contributed by atoms with E-state index in [1.54, 1.807) is 4.68 Å². The fourth-order valence-electron chi connectivity index (χ4n) is 2.45. The van der Waals surface area contributed by atoms with Gasteiger partial charge in [-0.15, -0.1) is 5.10 Å². The molecule has 21 heavy (non-hydrogen) atoms. The summed E-state index contributed by atoms with van der Waals surface area (Å²) < 4.78 is 1.67. The summed E-state index contributed by atoms with van der Waals surface area (Å²) in [6.07, 6.45) is 2.22. The van der Waals surface area contributed by atoms with Crippen molar-refractivity contribution in [2.75, 3.05) is 19.6 Å². The van der Waals surface area contributed by atoms with E-state index in [0.717, 1.165) is 31.6 Å². The summed E-state index contributed by atoms with van der Waals surface area (Å²) in [6, 6.07) is 9.70. The molecule has 1 aromatic carbocycles. The third kappa shape index (κ3) is 3.25. The SMILES string of the molecule is O=C(CNCc1nnnn1-c1ccccc1)N1CCCC1. The van der Waals surface area contributed by atoms with Gasteiger partial charge in [-0.2, -0.15) is 4.68 Å². The quantitative estimate of drug-likeness (QED) is 0.859. The molecule has 0 bridgehead atoms. The smallest absolute Gasteiger partial charge is 0.236 e. The molecular formula is C14H18N6O. The van der Waals surface area contributed by atoms with Crippen LogP contribution >= 0.6 is 0 Å². The molecule has 0 saturated carbocycles. The molecule has 0 spiro atoms. The lowest BCUT2D eigenvalue weighted by Crippen LogP contribution is -2.36. The number of aromatic nitrogens is 4. The van der Waals surface area contributed by atoms with Gasteiger partial charge in [-0.1, -0.05) is 18.2 Å². The first-order valence-electron chi connectivity index (χ1n) is 7.16. The number of carbonyl (C=O) groups is 1. The van der Waals surface area contributed by atoms with Gasteiger partial charge in [0.25, 0.3) is 0 Å². The lowest BCUT2D eigenvalue weighted by Gasteiger charge is -2.15. The maximum Gasteiger partial charge on any atom is 0.236 e. The highest BCUT2D eigenvalue weighted by atomic mass is 16.2. The van der Waals surface area contributed by atoms with Gasteiger partial charge in [0.2, 0.25) is 5.91 Å². The normalized spacial score (nSPS) is 14.6. The minimum atomic E-state index is 0.145. The van der Waals surface area contributed by atoms with Gasteiger partial charge in [-0.05, 0) is 35.4 Å². The highest BCUT2D eigenvalue weighted by Gasteiger charge is 2.17. The highest BCUT2D eigenvalue weighted by Crippen LogP contribution is 2.08. The van der Waals surface area contributed by atoms with Crippen LogP contribution in [0.15, 0.2) is 30.3 Å². The molecule has 1 saturated heterocycles. The molecule has 0 unspecified atom stereocenters. The van der Waals surface area contributed by atoms with Gasteiger partial charge < -0.3 is 10.2 Å². The molecule has 110 valence electrons. The first kappa shape index (κ1) is 13.7. The van der Waals surface area contributed by atoms with Gasteiger partial charge in [-0.3, -0.25) is 4.79 Å². The summed E-state index contributed by atoms with van der Waals surface area (Å²) >= 11 is 0. The van der Waals surface area contributed by atoms with Gasteiger partial charge >= 0.3 is 0 Å². The Balaban J connectivity index is 1.56. The predicted octanol–water partition coefficient (Wildman–Crippen LogP) is 0.374. The summed E-state index contributed by atoms with van der Waals surface area (Å²) in [5, 5.41) is 14.8. The number of amides is 1. The van der Waals surface area contributed by atoms with Gasteiger partial charge in [0, 0.05) is 13.1 Å². The zero-order chi connectivity index (χ0) is 14.5. The Hall–Kier alpha value is -2.28. The maximum absolute atomic E-state index is 11.9. The van der Waals surface area contributed by atoms with Crippen molar-refractivity contribution in [3.05, 3.63) is 36.2 Å². The first-order valence-corrected chi connectivity index (χ1v) is 7.16. The number of tetrazole rings is 1. The number of rotatable bonds is 5. The molecule has 3 rings (SSSR count). The second-order valence-electron chi connectivity index (χ2n) is 5.03. The molecule has 0 atom stereocenters. The van der Waals surface area contributed by atoms with Gasteiger partial charge in [0.05, 0.1) is 18.8 Å². The number of para-hydroxylation sites is 1. The average Bonchev–Trinajstić information content (AvgIpc) is 3.20. The molecule has 7 heteroatoms. The van der Waals surface area contributed by atoms with Crippen molar-refractivity contribution in [3.8, 4) is 5.69 Å². The predicted molar refractivity (Wildman–Crippen MR) is 76.7 cm³/mol. The third-order valence-corrected chi connectivity index (χ3v) is 3.55. The number of nitrogens with zero attached hydrogens (tertiary/aromatic N) is 5. The number of nitrogens with one attached hydrogen (secondary N) is 1. The van der Waals surface area contributed by atoms with Gasteiger partial charge in [0.15, 0.2) is 5.82 Å². The van der Waals surface area contributed by atoms with Crippen LogP contribution in [0.1, 0.15) is 18.7 Å². The van der Waals surface area contributed by atoms with Crippen LogP contribution in [-0.4, -0.2) is 50.6 Å². The van der Waals surface area contributed by atoms with Crippen molar-refractivity contribution < 1.29 is 4.79 Å². The summed E-state index contributed by atoms with van der Waals surface area (Å²) in [6.45, 7) is 2.54. The number of likely N-dealkylation sites (tertiary alicyclic amines) is 1. The van der Waals surface area contributed by atoms with E-state index in [9.17, 15) is 4.79 Å². The first-order chi connectivity index (χ1) is 10.3. The Morgan fingerprint density at radius 3 is 2.71 bits per heavy atom. The standard InChI is InChI=1S/C14H18N6O/c21-14(19-8-4-5-9-19)11-15-10-13-16-17-18-20(13)12-6-2-1-3-7-12/h1-3,6-7,15H,4-5,8-11H2. The second kappa shape index (κ2) is 6.45. The molecular weight excluding hydrogens is 268 g/mol. The van der Waals surface area contributed by atoms with Crippen LogP contribution in [0.5, 0.6) is 0 Å². The fourth-order valence-corrected chi connectivity index (χ4v) is 2.45. The highest BCUT2D eigenvalue weighted by molar-refractivity contribution is 5.78. The van der Waals surface area contributed by atoms with E-state index in [1.807, 2.05) is 35.2 Å². The topological polar surface area (TPSA) is 75.9 Å². The summed E-state index contributed by atoms with van der Waals surface area (Å²) in [5.74, 6) is 0.835. The van der Waals surface area contributed by atoms with Crippen LogP contribution in [0.3, 0.4) is 0 Å². The van der Waals surface area contributed by atoms with E-state index in [1.165, 1.54) is 0 Å². The van der Waals surface area contributed by atoms with Crippen molar-refractivity contribution in [1.82, 2.24) is 30.4 Å². The molecule has 2 aromatic rings. The summed E-state index contributed by atoms with van der Waals surface area (Å²) in [5.41, 5.74) is 0.908. The molecule has 1 fully saturated rings. The number of benzene rings is 1. The van der Waals surface area contributed by atoms with Crippen LogP contribution in [-0.2, 0) is 11.3 Å². The molecule has 0 radical (unpaired) electrons. The van der Waals surface area contributed by atoms with Crippen molar-refractivity contribution in [2.45, 2.75) is 19.4 Å². The van der Waals surface area contributed by atoms with E-state index in [2.05, 4.69) is 20.8 Å². The molecule has 1 amide bonds. The minimum absolute atomic E-state index is 0.145. The molecule has 1 N–H and O–H groups in total. The monoisotopic (exact) mass is 286 g/mol. The van der Waals surface area contributed by atoms with Gasteiger partial charge in [-0.25, -0.2) is 0 Å². The molecule has 1 aliphatic rings. The fraction of sp³-hybridized carbons (Fsp3) is 0.429. The average molecular weight is 286 g/mol. The van der Waals surface area contributed by atoms with E-state index in [0.29, 0.717) is 18.9 Å². The van der Waals surface area contributed by atoms with Crippen molar-refractivity contribution in [1.29, 1.82) is 0 Å². The number of hydrogen-bond acceptors (Lipinski definition) is 5. The lowest BCUT2D eigenvalue weighted by molar-refractivity contribution is -0.129. The van der Waals surface area contributed by atoms with Crippen molar-refractivity contribution >= 4 is 5.91 Å². The molecule has 2 heterocycles. The summed E-state index contributed by atoms with van der Waals surface area (Å²) in [7, 11) is 0. The second-order valence-corrected chi connectivity index (χ2v) is 5.03. The Kier molecular flexibility index (Phi) is 4.20. The lowest BCUT2D eigenvalue weighted by atomic mass is 10.3. The van der Waals surface area contributed by atoms with Crippen LogP contribution < -0.4 is 5.32 Å². The molecule has 0 aliphatic carbocycles. The zero-order valence-electron chi connectivity index (χ0n) is 11.8.